The van der Waals surface area contributed by atoms with Crippen LogP contribution < -0.4 is 5.73 Å². The molecule has 0 aliphatic heterocycles. The molecule has 1 aromatic carbocycles. The largest absolute Gasteiger partial charge is 0.461 e. The number of aryl methyl sites for hydroxylation is 1. The van der Waals surface area contributed by atoms with Crippen LogP contribution in [0.3, 0.4) is 0 Å². The van der Waals surface area contributed by atoms with Gasteiger partial charge in [-0.25, -0.2) is 0 Å². The SMILES string of the molecule is CCc1oc2ccccc2c1C/C(N)=N/O. The number of oxime groups is 1. The first-order valence-electron chi connectivity index (χ1n) is 5.22. The molecule has 4 nitrogen and oxygen atoms in total. The summed E-state index contributed by atoms with van der Waals surface area (Å²) in [4.78, 5) is 0. The fourth-order valence-corrected chi connectivity index (χ4v) is 1.85. The lowest BCUT2D eigenvalue weighted by atomic mass is 10.1. The van der Waals surface area contributed by atoms with Crippen LogP contribution >= 0.6 is 0 Å². The minimum Gasteiger partial charge on any atom is -0.461 e. The van der Waals surface area contributed by atoms with Crippen molar-refractivity contribution in [1.29, 1.82) is 0 Å². The fourth-order valence-electron chi connectivity index (χ4n) is 1.85. The van der Waals surface area contributed by atoms with Gasteiger partial charge in [-0.05, 0) is 6.07 Å². The monoisotopic (exact) mass is 218 g/mol. The zero-order chi connectivity index (χ0) is 11.5. The standard InChI is InChI=1S/C12H14N2O2/c1-2-10-9(7-12(13)14-15)8-5-3-4-6-11(8)16-10/h3-6,15H,2,7H2,1H3,(H2,13,14). The molecule has 16 heavy (non-hydrogen) atoms. The van der Waals surface area contributed by atoms with E-state index in [1.165, 1.54) is 0 Å². The van der Waals surface area contributed by atoms with Crippen molar-refractivity contribution in [1.82, 2.24) is 0 Å². The third-order valence-corrected chi connectivity index (χ3v) is 2.59. The number of amidine groups is 1. The van der Waals surface area contributed by atoms with Gasteiger partial charge in [0.25, 0.3) is 0 Å². The van der Waals surface area contributed by atoms with E-state index in [9.17, 15) is 0 Å². The number of benzene rings is 1. The first kappa shape index (κ1) is 10.5. The van der Waals surface area contributed by atoms with E-state index in [-0.39, 0.29) is 5.84 Å². The maximum atomic E-state index is 8.60. The van der Waals surface area contributed by atoms with Gasteiger partial charge in [-0.15, -0.1) is 0 Å². The van der Waals surface area contributed by atoms with E-state index in [2.05, 4.69) is 5.16 Å². The molecule has 0 saturated carbocycles. The van der Waals surface area contributed by atoms with Crippen LogP contribution in [-0.4, -0.2) is 11.0 Å². The maximum Gasteiger partial charge on any atom is 0.143 e. The van der Waals surface area contributed by atoms with Crippen molar-refractivity contribution in [3.63, 3.8) is 0 Å². The Balaban J connectivity index is 2.55. The second-order valence-corrected chi connectivity index (χ2v) is 3.62. The van der Waals surface area contributed by atoms with E-state index in [0.29, 0.717) is 6.42 Å². The van der Waals surface area contributed by atoms with E-state index in [4.69, 9.17) is 15.4 Å². The average molecular weight is 218 g/mol. The highest BCUT2D eigenvalue weighted by molar-refractivity contribution is 5.90. The Bertz CT molecular complexity index is 529. The molecule has 1 heterocycles. The third kappa shape index (κ3) is 1.74. The Hall–Kier alpha value is -1.97. The number of para-hydroxylation sites is 1. The van der Waals surface area contributed by atoms with E-state index < -0.39 is 0 Å². The van der Waals surface area contributed by atoms with Crippen LogP contribution in [0.5, 0.6) is 0 Å². The van der Waals surface area contributed by atoms with Crippen LogP contribution in [0.1, 0.15) is 18.2 Å². The first-order chi connectivity index (χ1) is 7.76. The van der Waals surface area contributed by atoms with Crippen molar-refractivity contribution in [3.8, 4) is 0 Å². The molecule has 2 rings (SSSR count). The summed E-state index contributed by atoms with van der Waals surface area (Å²) in [7, 11) is 0. The molecule has 0 aliphatic rings. The summed E-state index contributed by atoms with van der Waals surface area (Å²) in [6.45, 7) is 2.02. The van der Waals surface area contributed by atoms with Gasteiger partial charge in [0.05, 0.1) is 0 Å². The Labute approximate surface area is 93.4 Å². The number of rotatable bonds is 3. The molecule has 4 heteroatoms. The van der Waals surface area contributed by atoms with Crippen molar-refractivity contribution in [2.24, 2.45) is 10.9 Å². The molecule has 0 unspecified atom stereocenters. The van der Waals surface area contributed by atoms with Crippen LogP contribution in [0.4, 0.5) is 0 Å². The Kier molecular flexibility index (Phi) is 2.81. The van der Waals surface area contributed by atoms with Crippen LogP contribution in [0.2, 0.25) is 0 Å². The van der Waals surface area contributed by atoms with Gasteiger partial charge in [0.15, 0.2) is 0 Å². The predicted octanol–water partition coefficient (Wildman–Crippen LogP) is 2.28. The molecule has 0 aliphatic carbocycles. The minimum atomic E-state index is 0.196. The summed E-state index contributed by atoms with van der Waals surface area (Å²) in [6, 6.07) is 7.79. The maximum absolute atomic E-state index is 8.60. The van der Waals surface area contributed by atoms with Gasteiger partial charge in [-0.3, -0.25) is 0 Å². The highest BCUT2D eigenvalue weighted by Crippen LogP contribution is 2.26. The molecule has 0 fully saturated rings. The van der Waals surface area contributed by atoms with E-state index in [1.54, 1.807) is 0 Å². The molecule has 3 N–H and O–H groups in total. The van der Waals surface area contributed by atoms with Gasteiger partial charge in [-0.1, -0.05) is 30.3 Å². The molecular weight excluding hydrogens is 204 g/mol. The lowest BCUT2D eigenvalue weighted by Gasteiger charge is -1.99. The van der Waals surface area contributed by atoms with Crippen molar-refractivity contribution in [2.45, 2.75) is 19.8 Å². The normalized spacial score (nSPS) is 12.2. The number of nitrogens with two attached hydrogens (primary N) is 1. The molecule has 0 spiro atoms. The minimum absolute atomic E-state index is 0.196. The Morgan fingerprint density at radius 2 is 2.19 bits per heavy atom. The molecule has 2 aromatic rings. The molecule has 0 amide bonds. The predicted molar refractivity (Wildman–Crippen MR) is 62.7 cm³/mol. The fraction of sp³-hybridized carbons (Fsp3) is 0.250. The topological polar surface area (TPSA) is 71.8 Å². The number of nitrogens with zero attached hydrogens (tertiary/aromatic N) is 1. The molecule has 0 saturated heterocycles. The van der Waals surface area contributed by atoms with Crippen molar-refractivity contribution in [3.05, 3.63) is 35.6 Å². The third-order valence-electron chi connectivity index (χ3n) is 2.59. The number of hydrogen-bond donors (Lipinski definition) is 2. The zero-order valence-corrected chi connectivity index (χ0v) is 9.10. The molecular formula is C12H14N2O2. The number of hydrogen-bond acceptors (Lipinski definition) is 3. The van der Waals surface area contributed by atoms with Gasteiger partial charge < -0.3 is 15.4 Å². The highest BCUT2D eigenvalue weighted by atomic mass is 16.4. The summed E-state index contributed by atoms with van der Waals surface area (Å²) in [5.74, 6) is 1.09. The summed E-state index contributed by atoms with van der Waals surface area (Å²) in [5.41, 5.74) is 7.39. The molecule has 0 bridgehead atoms. The van der Waals surface area contributed by atoms with Crippen LogP contribution in [-0.2, 0) is 12.8 Å². The second kappa shape index (κ2) is 4.26. The summed E-state index contributed by atoms with van der Waals surface area (Å²) in [5, 5.41) is 12.6. The van der Waals surface area contributed by atoms with E-state index in [1.807, 2.05) is 31.2 Å². The van der Waals surface area contributed by atoms with Crippen molar-refractivity contribution >= 4 is 16.8 Å². The van der Waals surface area contributed by atoms with Crippen molar-refractivity contribution < 1.29 is 9.62 Å². The first-order valence-corrected chi connectivity index (χ1v) is 5.22. The lowest BCUT2D eigenvalue weighted by Crippen LogP contribution is -2.15. The van der Waals surface area contributed by atoms with Gasteiger partial charge in [0.2, 0.25) is 0 Å². The highest BCUT2D eigenvalue weighted by Gasteiger charge is 2.13. The van der Waals surface area contributed by atoms with Gasteiger partial charge in [0.1, 0.15) is 17.2 Å². The van der Waals surface area contributed by atoms with Gasteiger partial charge >= 0.3 is 0 Å². The Morgan fingerprint density at radius 1 is 1.44 bits per heavy atom. The van der Waals surface area contributed by atoms with E-state index in [0.717, 1.165) is 28.7 Å². The summed E-state index contributed by atoms with van der Waals surface area (Å²) >= 11 is 0. The molecule has 1 aromatic heterocycles. The lowest BCUT2D eigenvalue weighted by molar-refractivity contribution is 0.317. The van der Waals surface area contributed by atoms with Gasteiger partial charge in [0, 0.05) is 23.8 Å². The van der Waals surface area contributed by atoms with Gasteiger partial charge in [-0.2, -0.15) is 0 Å². The van der Waals surface area contributed by atoms with Crippen LogP contribution in [0.15, 0.2) is 33.8 Å². The summed E-state index contributed by atoms with van der Waals surface area (Å²) in [6.07, 6.45) is 1.21. The molecule has 84 valence electrons. The number of furan rings is 1. The Morgan fingerprint density at radius 3 is 2.88 bits per heavy atom. The van der Waals surface area contributed by atoms with Crippen LogP contribution in [0, 0.1) is 0 Å². The van der Waals surface area contributed by atoms with E-state index >= 15 is 0 Å². The van der Waals surface area contributed by atoms with Crippen LogP contribution in [0.25, 0.3) is 11.0 Å². The van der Waals surface area contributed by atoms with Crippen molar-refractivity contribution in [2.75, 3.05) is 0 Å². The quantitative estimate of drug-likeness (QED) is 0.359. The second-order valence-electron chi connectivity index (χ2n) is 3.62. The smallest absolute Gasteiger partial charge is 0.143 e. The zero-order valence-electron chi connectivity index (χ0n) is 9.10. The summed E-state index contributed by atoms with van der Waals surface area (Å²) < 4.78 is 5.70. The average Bonchev–Trinajstić information content (AvgIpc) is 2.67. The molecule has 0 atom stereocenters. The number of fused-ring (bicyclic) bond motifs is 1. The molecule has 0 radical (unpaired) electrons.